The number of nitrogens with zero attached hydrogens (tertiary/aromatic N) is 2. The van der Waals surface area contributed by atoms with Crippen LogP contribution in [0.15, 0.2) is 24.4 Å². The van der Waals surface area contributed by atoms with Gasteiger partial charge in [0.2, 0.25) is 5.82 Å². The van der Waals surface area contributed by atoms with Gasteiger partial charge in [-0.15, -0.1) is 0 Å². The number of amides is 1. The van der Waals surface area contributed by atoms with Gasteiger partial charge < -0.3 is 14.6 Å². The van der Waals surface area contributed by atoms with Crippen LogP contribution in [-0.4, -0.2) is 27.5 Å². The molecule has 0 bridgehead atoms. The van der Waals surface area contributed by atoms with E-state index in [9.17, 15) is 18.0 Å². The molecule has 0 radical (unpaired) electrons. The van der Waals surface area contributed by atoms with E-state index in [1.54, 1.807) is 29.9 Å². The van der Waals surface area contributed by atoms with Crippen LogP contribution in [-0.2, 0) is 13.6 Å². The molecular weight excluding hydrogens is 285 g/mol. The molecule has 0 saturated heterocycles. The van der Waals surface area contributed by atoms with Crippen LogP contribution in [0.2, 0.25) is 0 Å². The van der Waals surface area contributed by atoms with Gasteiger partial charge in [-0.25, -0.2) is 8.78 Å². The van der Waals surface area contributed by atoms with E-state index in [4.69, 9.17) is 5.11 Å². The van der Waals surface area contributed by atoms with Gasteiger partial charge in [-0.3, -0.25) is 4.79 Å². The number of aromatic hydroxyl groups is 1. The first-order chi connectivity index (χ1) is 9.82. The Kier molecular flexibility index (Phi) is 3.93. The van der Waals surface area contributed by atoms with Gasteiger partial charge in [0.1, 0.15) is 0 Å². The van der Waals surface area contributed by atoms with E-state index in [0.29, 0.717) is 6.07 Å². The smallest absolute Gasteiger partial charge is 0.257 e. The zero-order valence-corrected chi connectivity index (χ0v) is 11.4. The Balaban J connectivity index is 2.30. The molecule has 0 spiro atoms. The summed E-state index contributed by atoms with van der Waals surface area (Å²) in [5.74, 6) is -7.02. The summed E-state index contributed by atoms with van der Waals surface area (Å²) >= 11 is 0. The number of rotatable bonds is 3. The molecule has 1 N–H and O–H groups in total. The Labute approximate surface area is 119 Å². The number of benzene rings is 1. The third-order valence-corrected chi connectivity index (χ3v) is 3.16. The van der Waals surface area contributed by atoms with Crippen molar-refractivity contribution in [3.05, 3.63) is 53.1 Å². The minimum atomic E-state index is -1.71. The number of carbonyl (C=O) groups excluding carboxylic acids is 1. The fourth-order valence-electron chi connectivity index (χ4n) is 1.93. The molecule has 1 amide bonds. The highest BCUT2D eigenvalue weighted by molar-refractivity contribution is 5.94. The van der Waals surface area contributed by atoms with Gasteiger partial charge in [0.15, 0.2) is 17.4 Å². The molecule has 0 unspecified atom stereocenters. The van der Waals surface area contributed by atoms with Crippen LogP contribution in [0.3, 0.4) is 0 Å². The lowest BCUT2D eigenvalue weighted by molar-refractivity contribution is 0.0776. The highest BCUT2D eigenvalue weighted by Gasteiger charge is 2.24. The van der Waals surface area contributed by atoms with Gasteiger partial charge in [0, 0.05) is 26.0 Å². The van der Waals surface area contributed by atoms with E-state index < -0.39 is 34.7 Å². The highest BCUT2D eigenvalue weighted by Crippen LogP contribution is 2.26. The van der Waals surface area contributed by atoms with E-state index in [2.05, 4.69) is 0 Å². The van der Waals surface area contributed by atoms with E-state index in [1.165, 1.54) is 7.05 Å². The average Bonchev–Trinajstić information content (AvgIpc) is 2.85. The minimum Gasteiger partial charge on any atom is -0.503 e. The van der Waals surface area contributed by atoms with Crippen molar-refractivity contribution in [2.24, 2.45) is 7.05 Å². The standard InChI is InChI=1S/C14H13F3N2O2/c1-18-5-3-4-8(18)7-19(2)14(21)9-6-10(15)12(17)13(20)11(9)16/h3-6,20H,7H2,1-2H3. The number of phenols is 1. The van der Waals surface area contributed by atoms with Crippen LogP contribution in [0.4, 0.5) is 13.2 Å². The van der Waals surface area contributed by atoms with Crippen molar-refractivity contribution in [2.75, 3.05) is 7.05 Å². The summed E-state index contributed by atoms with van der Waals surface area (Å²) in [6.07, 6.45) is 1.78. The molecule has 21 heavy (non-hydrogen) atoms. The van der Waals surface area contributed by atoms with E-state index in [-0.39, 0.29) is 6.54 Å². The number of halogens is 3. The molecule has 0 fully saturated rings. The van der Waals surface area contributed by atoms with Crippen molar-refractivity contribution in [1.82, 2.24) is 9.47 Å². The molecule has 1 aromatic carbocycles. The lowest BCUT2D eigenvalue weighted by Crippen LogP contribution is -2.28. The summed E-state index contributed by atoms with van der Waals surface area (Å²) in [6.45, 7) is 0.154. The first kappa shape index (κ1) is 15.0. The first-order valence-corrected chi connectivity index (χ1v) is 6.05. The quantitative estimate of drug-likeness (QED) is 0.885. The lowest BCUT2D eigenvalue weighted by Gasteiger charge is -2.18. The normalized spacial score (nSPS) is 10.7. The van der Waals surface area contributed by atoms with Gasteiger partial charge in [-0.1, -0.05) is 0 Å². The Morgan fingerprint density at radius 1 is 1.33 bits per heavy atom. The van der Waals surface area contributed by atoms with Gasteiger partial charge in [0.05, 0.1) is 12.1 Å². The van der Waals surface area contributed by atoms with E-state index >= 15 is 0 Å². The molecule has 1 aromatic heterocycles. The monoisotopic (exact) mass is 298 g/mol. The predicted molar refractivity (Wildman–Crippen MR) is 69.2 cm³/mol. The van der Waals surface area contributed by atoms with Gasteiger partial charge in [0.25, 0.3) is 5.91 Å². The SMILES string of the molecule is CN(Cc1cccn1C)C(=O)c1cc(F)c(F)c(O)c1F. The van der Waals surface area contributed by atoms with Gasteiger partial charge in [-0.05, 0) is 18.2 Å². The average molecular weight is 298 g/mol. The summed E-state index contributed by atoms with van der Waals surface area (Å²) in [5.41, 5.74) is 0.0566. The second-order valence-corrected chi connectivity index (χ2v) is 4.65. The van der Waals surface area contributed by atoms with Crippen molar-refractivity contribution in [3.8, 4) is 5.75 Å². The number of phenolic OH excluding ortho intramolecular Hbond substituents is 1. The van der Waals surface area contributed by atoms with Gasteiger partial charge >= 0.3 is 0 Å². The highest BCUT2D eigenvalue weighted by atomic mass is 19.2. The second-order valence-electron chi connectivity index (χ2n) is 4.65. The number of aryl methyl sites for hydroxylation is 1. The zero-order chi connectivity index (χ0) is 15.7. The molecular formula is C14H13F3N2O2. The Hall–Kier alpha value is -2.44. The lowest BCUT2D eigenvalue weighted by atomic mass is 10.1. The molecule has 7 heteroatoms. The maximum atomic E-state index is 13.7. The summed E-state index contributed by atoms with van der Waals surface area (Å²) < 4.78 is 41.7. The van der Waals surface area contributed by atoms with Crippen LogP contribution in [0.5, 0.6) is 5.75 Å². The summed E-state index contributed by atoms with van der Waals surface area (Å²) in [5, 5.41) is 9.13. The number of hydrogen-bond acceptors (Lipinski definition) is 2. The number of hydrogen-bond donors (Lipinski definition) is 1. The fraction of sp³-hybridized carbons (Fsp3) is 0.214. The molecule has 112 valence electrons. The van der Waals surface area contributed by atoms with E-state index in [0.717, 1.165) is 10.6 Å². The van der Waals surface area contributed by atoms with Gasteiger partial charge in [-0.2, -0.15) is 4.39 Å². The molecule has 4 nitrogen and oxygen atoms in total. The molecule has 0 aliphatic rings. The predicted octanol–water partition coefficient (Wildman–Crippen LogP) is 2.42. The largest absolute Gasteiger partial charge is 0.503 e. The Morgan fingerprint density at radius 2 is 2.00 bits per heavy atom. The van der Waals surface area contributed by atoms with Crippen LogP contribution < -0.4 is 0 Å². The first-order valence-electron chi connectivity index (χ1n) is 6.05. The topological polar surface area (TPSA) is 45.5 Å². The third kappa shape index (κ3) is 2.72. The minimum absolute atomic E-state index is 0.154. The van der Waals surface area contributed by atoms with Crippen molar-refractivity contribution in [1.29, 1.82) is 0 Å². The summed E-state index contributed by atoms with van der Waals surface area (Å²) in [7, 11) is 3.17. The van der Waals surface area contributed by atoms with Crippen LogP contribution in [0.1, 0.15) is 16.1 Å². The molecule has 1 heterocycles. The molecule has 0 atom stereocenters. The third-order valence-electron chi connectivity index (χ3n) is 3.16. The van der Waals surface area contributed by atoms with Crippen molar-refractivity contribution in [2.45, 2.75) is 6.54 Å². The summed E-state index contributed by atoms with van der Waals surface area (Å²) in [6, 6.07) is 3.98. The number of aromatic nitrogens is 1. The fourth-order valence-corrected chi connectivity index (χ4v) is 1.93. The second kappa shape index (κ2) is 5.51. The molecule has 2 rings (SSSR count). The van der Waals surface area contributed by atoms with Crippen LogP contribution >= 0.6 is 0 Å². The van der Waals surface area contributed by atoms with E-state index in [1.807, 2.05) is 0 Å². The molecule has 0 saturated carbocycles. The van der Waals surface area contributed by atoms with Crippen LogP contribution in [0, 0.1) is 17.5 Å². The summed E-state index contributed by atoms with van der Waals surface area (Å²) in [4.78, 5) is 13.2. The Morgan fingerprint density at radius 3 is 2.57 bits per heavy atom. The van der Waals surface area contributed by atoms with Crippen molar-refractivity contribution >= 4 is 5.91 Å². The maximum Gasteiger partial charge on any atom is 0.257 e. The van der Waals surface area contributed by atoms with Crippen molar-refractivity contribution < 1.29 is 23.1 Å². The molecule has 0 aliphatic heterocycles. The van der Waals surface area contributed by atoms with Crippen LogP contribution in [0.25, 0.3) is 0 Å². The van der Waals surface area contributed by atoms with Crippen molar-refractivity contribution in [3.63, 3.8) is 0 Å². The zero-order valence-electron chi connectivity index (χ0n) is 11.4. The Bertz CT molecular complexity index is 698. The molecule has 0 aliphatic carbocycles. The number of carbonyl (C=O) groups is 1. The molecule has 2 aromatic rings. The maximum absolute atomic E-state index is 13.7.